The monoisotopic (exact) mass is 289 g/mol. The van der Waals surface area contributed by atoms with Gasteiger partial charge in [-0.25, -0.2) is 0 Å². The number of amides is 2. The number of carbonyl (C=O) groups is 2. The lowest BCUT2D eigenvalue weighted by atomic mass is 9.89. The van der Waals surface area contributed by atoms with Crippen molar-refractivity contribution in [2.75, 3.05) is 11.9 Å². The molecule has 0 aliphatic carbocycles. The average Bonchev–Trinajstić information content (AvgIpc) is 2.50. The van der Waals surface area contributed by atoms with Crippen LogP contribution in [-0.4, -0.2) is 24.4 Å². The SMILES string of the molecule is CCCCC(CN)NC(=O)C1CC(=O)Nc2ccccc21. The van der Waals surface area contributed by atoms with E-state index in [1.165, 1.54) is 0 Å². The third-order valence-corrected chi connectivity index (χ3v) is 3.85. The lowest BCUT2D eigenvalue weighted by Gasteiger charge is -2.26. The summed E-state index contributed by atoms with van der Waals surface area (Å²) < 4.78 is 0. The zero-order valence-corrected chi connectivity index (χ0v) is 12.4. The highest BCUT2D eigenvalue weighted by molar-refractivity contribution is 6.01. The van der Waals surface area contributed by atoms with E-state index in [0.717, 1.165) is 30.5 Å². The highest BCUT2D eigenvalue weighted by Gasteiger charge is 2.31. The van der Waals surface area contributed by atoms with Crippen molar-refractivity contribution < 1.29 is 9.59 Å². The standard InChI is InChI=1S/C16H23N3O2/c1-2-3-6-11(10-17)18-16(21)13-9-15(20)19-14-8-5-4-7-12(13)14/h4-5,7-8,11,13H,2-3,6,9-10,17H2,1H3,(H,18,21)(H,19,20). The van der Waals surface area contributed by atoms with Crippen molar-refractivity contribution in [2.45, 2.75) is 44.6 Å². The fraction of sp³-hybridized carbons (Fsp3) is 0.500. The van der Waals surface area contributed by atoms with Gasteiger partial charge in [-0.2, -0.15) is 0 Å². The van der Waals surface area contributed by atoms with E-state index in [1.54, 1.807) is 0 Å². The Morgan fingerprint density at radius 1 is 1.48 bits per heavy atom. The normalized spacial score (nSPS) is 18.6. The maximum absolute atomic E-state index is 12.5. The van der Waals surface area contributed by atoms with Crippen molar-refractivity contribution in [3.8, 4) is 0 Å². The number of nitrogens with two attached hydrogens (primary N) is 1. The first-order chi connectivity index (χ1) is 10.2. The fourth-order valence-corrected chi connectivity index (χ4v) is 2.65. The first-order valence-corrected chi connectivity index (χ1v) is 7.55. The van der Waals surface area contributed by atoms with Crippen molar-refractivity contribution in [1.29, 1.82) is 0 Å². The number of unbranched alkanes of at least 4 members (excludes halogenated alkanes) is 1. The number of hydrogen-bond donors (Lipinski definition) is 3. The van der Waals surface area contributed by atoms with Gasteiger partial charge in [-0.15, -0.1) is 0 Å². The molecule has 0 saturated heterocycles. The molecule has 1 aliphatic heterocycles. The van der Waals surface area contributed by atoms with Crippen LogP contribution in [0.2, 0.25) is 0 Å². The minimum atomic E-state index is -0.425. The molecule has 5 nitrogen and oxygen atoms in total. The van der Waals surface area contributed by atoms with Gasteiger partial charge in [-0.05, 0) is 18.1 Å². The minimum absolute atomic E-state index is 0.0189. The summed E-state index contributed by atoms with van der Waals surface area (Å²) in [5, 5.41) is 5.79. The van der Waals surface area contributed by atoms with Gasteiger partial charge < -0.3 is 16.4 Å². The molecule has 0 radical (unpaired) electrons. The van der Waals surface area contributed by atoms with Gasteiger partial charge in [-0.3, -0.25) is 9.59 Å². The summed E-state index contributed by atoms with van der Waals surface area (Å²) in [6.07, 6.45) is 3.16. The fourth-order valence-electron chi connectivity index (χ4n) is 2.65. The molecule has 2 amide bonds. The summed E-state index contributed by atoms with van der Waals surface area (Å²) in [7, 11) is 0. The van der Waals surface area contributed by atoms with E-state index in [0.29, 0.717) is 6.54 Å². The first-order valence-electron chi connectivity index (χ1n) is 7.55. The van der Waals surface area contributed by atoms with E-state index in [-0.39, 0.29) is 24.3 Å². The average molecular weight is 289 g/mol. The van der Waals surface area contributed by atoms with Gasteiger partial charge in [0.15, 0.2) is 0 Å². The number of benzene rings is 1. The maximum atomic E-state index is 12.5. The Kier molecular flexibility index (Phi) is 5.33. The van der Waals surface area contributed by atoms with Crippen LogP contribution in [0, 0.1) is 0 Å². The Labute approximate surface area is 125 Å². The second kappa shape index (κ2) is 7.22. The molecule has 114 valence electrons. The Bertz CT molecular complexity index is 516. The Morgan fingerprint density at radius 2 is 2.24 bits per heavy atom. The van der Waals surface area contributed by atoms with Crippen LogP contribution in [0.3, 0.4) is 0 Å². The second-order valence-electron chi connectivity index (χ2n) is 5.48. The molecule has 5 heteroatoms. The number of hydrogen-bond acceptors (Lipinski definition) is 3. The first kappa shape index (κ1) is 15.5. The van der Waals surface area contributed by atoms with Crippen LogP contribution >= 0.6 is 0 Å². The van der Waals surface area contributed by atoms with Gasteiger partial charge in [0, 0.05) is 24.7 Å². The minimum Gasteiger partial charge on any atom is -0.352 e. The van der Waals surface area contributed by atoms with Gasteiger partial charge >= 0.3 is 0 Å². The Hall–Kier alpha value is -1.88. The van der Waals surface area contributed by atoms with Crippen LogP contribution in [0.25, 0.3) is 0 Å². The predicted molar refractivity (Wildman–Crippen MR) is 82.9 cm³/mol. The lowest BCUT2D eigenvalue weighted by Crippen LogP contribution is -2.44. The van der Waals surface area contributed by atoms with Crippen LogP contribution in [-0.2, 0) is 9.59 Å². The summed E-state index contributed by atoms with van der Waals surface area (Å²) in [4.78, 5) is 24.2. The van der Waals surface area contributed by atoms with Crippen LogP contribution in [0.4, 0.5) is 5.69 Å². The molecule has 0 spiro atoms. The van der Waals surface area contributed by atoms with Crippen LogP contribution in [0.15, 0.2) is 24.3 Å². The zero-order chi connectivity index (χ0) is 15.2. The van der Waals surface area contributed by atoms with Crippen molar-refractivity contribution >= 4 is 17.5 Å². The van der Waals surface area contributed by atoms with Gasteiger partial charge in [-0.1, -0.05) is 38.0 Å². The lowest BCUT2D eigenvalue weighted by molar-refractivity contribution is -0.126. The summed E-state index contributed by atoms with van der Waals surface area (Å²) in [6, 6.07) is 7.43. The Balaban J connectivity index is 2.10. The highest BCUT2D eigenvalue weighted by Crippen LogP contribution is 2.32. The molecule has 0 aromatic heterocycles. The van der Waals surface area contributed by atoms with E-state index in [4.69, 9.17) is 5.73 Å². The second-order valence-corrected chi connectivity index (χ2v) is 5.48. The molecule has 2 unspecified atom stereocenters. The largest absolute Gasteiger partial charge is 0.352 e. The van der Waals surface area contributed by atoms with Crippen molar-refractivity contribution in [3.63, 3.8) is 0 Å². The molecule has 4 N–H and O–H groups in total. The predicted octanol–water partition coefficient (Wildman–Crippen LogP) is 1.75. The molecule has 0 saturated carbocycles. The molecule has 2 atom stereocenters. The van der Waals surface area contributed by atoms with E-state index < -0.39 is 5.92 Å². The molecule has 1 aliphatic rings. The summed E-state index contributed by atoms with van der Waals surface area (Å²) in [5.41, 5.74) is 7.32. The van der Waals surface area contributed by atoms with Crippen LogP contribution in [0.1, 0.15) is 44.1 Å². The van der Waals surface area contributed by atoms with E-state index in [9.17, 15) is 9.59 Å². The van der Waals surface area contributed by atoms with Crippen molar-refractivity contribution in [1.82, 2.24) is 5.32 Å². The van der Waals surface area contributed by atoms with Gasteiger partial charge in [0.2, 0.25) is 11.8 Å². The molecule has 2 rings (SSSR count). The van der Waals surface area contributed by atoms with E-state index in [1.807, 2.05) is 24.3 Å². The summed E-state index contributed by atoms with van der Waals surface area (Å²) in [6.45, 7) is 2.53. The molecule has 1 heterocycles. The van der Waals surface area contributed by atoms with Crippen LogP contribution < -0.4 is 16.4 Å². The molecular weight excluding hydrogens is 266 g/mol. The third-order valence-electron chi connectivity index (χ3n) is 3.85. The maximum Gasteiger partial charge on any atom is 0.228 e. The van der Waals surface area contributed by atoms with Gasteiger partial charge in [0.1, 0.15) is 0 Å². The molecular formula is C16H23N3O2. The molecule has 0 bridgehead atoms. The van der Waals surface area contributed by atoms with Gasteiger partial charge in [0.25, 0.3) is 0 Å². The topological polar surface area (TPSA) is 84.2 Å². The quantitative estimate of drug-likeness (QED) is 0.746. The molecule has 1 aromatic carbocycles. The number of anilines is 1. The van der Waals surface area contributed by atoms with Crippen molar-refractivity contribution in [2.24, 2.45) is 5.73 Å². The number of para-hydroxylation sites is 1. The number of fused-ring (bicyclic) bond motifs is 1. The zero-order valence-electron chi connectivity index (χ0n) is 12.4. The van der Waals surface area contributed by atoms with E-state index >= 15 is 0 Å². The summed E-state index contributed by atoms with van der Waals surface area (Å²) >= 11 is 0. The summed E-state index contributed by atoms with van der Waals surface area (Å²) in [5.74, 6) is -0.652. The third kappa shape index (κ3) is 3.82. The molecule has 21 heavy (non-hydrogen) atoms. The van der Waals surface area contributed by atoms with Crippen LogP contribution in [0.5, 0.6) is 0 Å². The number of nitrogens with one attached hydrogen (secondary N) is 2. The molecule has 1 aromatic rings. The Morgan fingerprint density at radius 3 is 2.95 bits per heavy atom. The van der Waals surface area contributed by atoms with Gasteiger partial charge in [0.05, 0.1) is 5.92 Å². The smallest absolute Gasteiger partial charge is 0.228 e. The number of carbonyl (C=O) groups excluding carboxylic acids is 2. The molecule has 0 fully saturated rings. The number of rotatable bonds is 6. The van der Waals surface area contributed by atoms with E-state index in [2.05, 4.69) is 17.6 Å². The highest BCUT2D eigenvalue weighted by atomic mass is 16.2. The van der Waals surface area contributed by atoms with Crippen molar-refractivity contribution in [3.05, 3.63) is 29.8 Å².